The van der Waals surface area contributed by atoms with Crippen LogP contribution in [0.25, 0.3) is 5.69 Å². The van der Waals surface area contributed by atoms with Crippen molar-refractivity contribution in [1.29, 1.82) is 0 Å². The van der Waals surface area contributed by atoms with E-state index < -0.39 is 0 Å². The highest BCUT2D eigenvalue weighted by molar-refractivity contribution is 5.89. The van der Waals surface area contributed by atoms with Gasteiger partial charge in [0.05, 0.1) is 23.5 Å². The molecule has 2 aromatic carbocycles. The molecular weight excluding hydrogens is 413 g/mol. The van der Waals surface area contributed by atoms with Gasteiger partial charge in [-0.1, -0.05) is 24.3 Å². The molecule has 3 aromatic rings. The van der Waals surface area contributed by atoms with Gasteiger partial charge in [0.25, 0.3) is 0 Å². The van der Waals surface area contributed by atoms with E-state index in [1.165, 1.54) is 23.3 Å². The van der Waals surface area contributed by atoms with Crippen LogP contribution in [0, 0.1) is 25.1 Å². The minimum absolute atomic E-state index is 0.0730. The number of rotatable bonds is 3. The number of imidazole rings is 1. The van der Waals surface area contributed by atoms with Gasteiger partial charge in [-0.05, 0) is 93.2 Å². The van der Waals surface area contributed by atoms with E-state index in [1.807, 2.05) is 31.6 Å². The standard InChI is InChI=1S/C28H30FN3O/c1-18-14-21(8-11-25(18)31-16-19(2)30-17-31)24-15-28(24)13-12-23-4-3-5-26(32(23)27(28)33)20-6-9-22(29)10-7-20/h6-11,14,16-17,23-24,26H,3-5,12-13,15H2,1-2H3. The van der Waals surface area contributed by atoms with Gasteiger partial charge < -0.3 is 9.47 Å². The van der Waals surface area contributed by atoms with E-state index >= 15 is 0 Å². The number of halogens is 1. The summed E-state index contributed by atoms with van der Waals surface area (Å²) in [6.07, 6.45) is 10.1. The van der Waals surface area contributed by atoms with Gasteiger partial charge in [0, 0.05) is 17.9 Å². The van der Waals surface area contributed by atoms with E-state index in [-0.39, 0.29) is 17.3 Å². The van der Waals surface area contributed by atoms with Crippen molar-refractivity contribution < 1.29 is 9.18 Å². The molecule has 1 aliphatic carbocycles. The van der Waals surface area contributed by atoms with Crippen LogP contribution in [0.15, 0.2) is 55.0 Å². The van der Waals surface area contributed by atoms with E-state index in [2.05, 4.69) is 39.6 Å². The van der Waals surface area contributed by atoms with Gasteiger partial charge in [-0.2, -0.15) is 0 Å². The van der Waals surface area contributed by atoms with Crippen LogP contribution in [0.2, 0.25) is 0 Å². The van der Waals surface area contributed by atoms with E-state index in [1.54, 1.807) is 0 Å². The van der Waals surface area contributed by atoms with Gasteiger partial charge in [0.15, 0.2) is 0 Å². The lowest BCUT2D eigenvalue weighted by molar-refractivity contribution is -0.150. The van der Waals surface area contributed by atoms with Crippen molar-refractivity contribution in [3.8, 4) is 5.69 Å². The topological polar surface area (TPSA) is 38.1 Å². The average Bonchev–Trinajstić information content (AvgIpc) is 3.39. The normalized spacial score (nSPS) is 28.8. The Labute approximate surface area is 194 Å². The Balaban J connectivity index is 1.28. The highest BCUT2D eigenvalue weighted by Gasteiger charge is 2.64. The van der Waals surface area contributed by atoms with E-state index in [9.17, 15) is 9.18 Å². The van der Waals surface area contributed by atoms with Crippen LogP contribution in [0.1, 0.15) is 72.9 Å². The lowest BCUT2D eigenvalue weighted by Crippen LogP contribution is -2.52. The first-order chi connectivity index (χ1) is 16.0. The number of piperidine rings is 2. The molecule has 0 radical (unpaired) electrons. The molecule has 1 saturated carbocycles. The van der Waals surface area contributed by atoms with Crippen molar-refractivity contribution in [2.24, 2.45) is 5.41 Å². The number of aryl methyl sites for hydroxylation is 2. The number of nitrogens with zero attached hydrogens (tertiary/aromatic N) is 3. The van der Waals surface area contributed by atoms with Crippen LogP contribution >= 0.6 is 0 Å². The molecule has 4 atom stereocenters. The van der Waals surface area contributed by atoms with E-state index in [0.29, 0.717) is 17.9 Å². The van der Waals surface area contributed by atoms with Gasteiger partial charge >= 0.3 is 0 Å². The maximum absolute atomic E-state index is 14.0. The molecule has 2 saturated heterocycles. The SMILES string of the molecule is Cc1cn(-c2ccc(C3CC34CCC3CCCC(c5ccc(F)cc5)N3C4=O)cc2C)cn1. The number of carbonyl (C=O) groups is 1. The van der Waals surface area contributed by atoms with Crippen molar-refractivity contribution in [2.45, 2.75) is 70.4 Å². The zero-order chi connectivity index (χ0) is 22.7. The maximum Gasteiger partial charge on any atom is 0.230 e. The first-order valence-corrected chi connectivity index (χ1v) is 12.2. The molecule has 6 rings (SSSR count). The van der Waals surface area contributed by atoms with Crippen LogP contribution in [0.5, 0.6) is 0 Å². The molecule has 0 N–H and O–H groups in total. The summed E-state index contributed by atoms with van der Waals surface area (Å²) in [6.45, 7) is 4.13. The molecule has 3 heterocycles. The fourth-order valence-electron chi connectivity index (χ4n) is 6.46. The summed E-state index contributed by atoms with van der Waals surface area (Å²) in [6, 6.07) is 13.8. The molecule has 4 nitrogen and oxygen atoms in total. The summed E-state index contributed by atoms with van der Waals surface area (Å²) in [5.74, 6) is 0.392. The van der Waals surface area contributed by atoms with Crippen molar-refractivity contribution >= 4 is 5.91 Å². The smallest absolute Gasteiger partial charge is 0.230 e. The molecule has 0 bridgehead atoms. The molecular formula is C28H30FN3O. The van der Waals surface area contributed by atoms with Crippen molar-refractivity contribution in [1.82, 2.24) is 14.5 Å². The molecule has 5 heteroatoms. The highest BCUT2D eigenvalue weighted by atomic mass is 19.1. The minimum atomic E-state index is -0.258. The maximum atomic E-state index is 14.0. The average molecular weight is 444 g/mol. The van der Waals surface area contributed by atoms with Crippen molar-refractivity contribution in [3.05, 3.63) is 83.2 Å². The summed E-state index contributed by atoms with van der Waals surface area (Å²) in [5.41, 5.74) is 5.42. The predicted molar refractivity (Wildman–Crippen MR) is 126 cm³/mol. The fourth-order valence-corrected chi connectivity index (χ4v) is 6.46. The summed E-state index contributed by atoms with van der Waals surface area (Å²) < 4.78 is 15.6. The van der Waals surface area contributed by atoms with E-state index in [4.69, 9.17) is 0 Å². The third kappa shape index (κ3) is 3.32. The van der Waals surface area contributed by atoms with E-state index in [0.717, 1.165) is 55.5 Å². The molecule has 1 amide bonds. The Morgan fingerprint density at radius 1 is 1.03 bits per heavy atom. The molecule has 170 valence electrons. The Kier molecular flexibility index (Phi) is 4.72. The van der Waals surface area contributed by atoms with Gasteiger partial charge in [0.1, 0.15) is 5.82 Å². The number of fused-ring (bicyclic) bond motifs is 1. The van der Waals surface area contributed by atoms with Gasteiger partial charge in [-0.25, -0.2) is 9.37 Å². The zero-order valence-electron chi connectivity index (χ0n) is 19.3. The van der Waals surface area contributed by atoms with Crippen LogP contribution < -0.4 is 0 Å². The third-order valence-electron chi connectivity index (χ3n) is 8.27. The number of aromatic nitrogens is 2. The van der Waals surface area contributed by atoms with Gasteiger partial charge in [0.2, 0.25) is 5.91 Å². The Hall–Kier alpha value is -2.95. The summed E-state index contributed by atoms with van der Waals surface area (Å²) >= 11 is 0. The van der Waals surface area contributed by atoms with Gasteiger partial charge in [-0.15, -0.1) is 0 Å². The third-order valence-corrected chi connectivity index (χ3v) is 8.27. The number of carbonyl (C=O) groups excluding carboxylic acids is 1. The second-order valence-corrected chi connectivity index (χ2v) is 10.3. The van der Waals surface area contributed by atoms with Crippen LogP contribution in [-0.4, -0.2) is 26.4 Å². The molecule has 2 aliphatic heterocycles. The van der Waals surface area contributed by atoms with Crippen molar-refractivity contribution in [3.63, 3.8) is 0 Å². The fraction of sp³-hybridized carbons (Fsp3) is 0.429. The highest BCUT2D eigenvalue weighted by Crippen LogP contribution is 2.66. The first kappa shape index (κ1) is 20.6. The minimum Gasteiger partial charge on any atom is -0.332 e. The monoisotopic (exact) mass is 443 g/mol. The summed E-state index contributed by atoms with van der Waals surface area (Å²) in [4.78, 5) is 20.5. The van der Waals surface area contributed by atoms with Crippen LogP contribution in [0.3, 0.4) is 0 Å². The second-order valence-electron chi connectivity index (χ2n) is 10.3. The molecule has 3 fully saturated rings. The molecule has 1 aromatic heterocycles. The quantitative estimate of drug-likeness (QED) is 0.497. The lowest BCUT2D eigenvalue weighted by Gasteiger charge is -2.48. The number of amides is 1. The molecule has 3 aliphatic rings. The molecule has 33 heavy (non-hydrogen) atoms. The predicted octanol–water partition coefficient (Wildman–Crippen LogP) is 6.02. The summed E-state index contributed by atoms with van der Waals surface area (Å²) in [7, 11) is 0. The van der Waals surface area contributed by atoms with Crippen LogP contribution in [0.4, 0.5) is 4.39 Å². The number of hydrogen-bond donors (Lipinski definition) is 0. The summed E-state index contributed by atoms with van der Waals surface area (Å²) in [5, 5.41) is 0. The largest absolute Gasteiger partial charge is 0.332 e. The Morgan fingerprint density at radius 3 is 2.55 bits per heavy atom. The number of hydrogen-bond acceptors (Lipinski definition) is 2. The number of benzene rings is 2. The molecule has 4 unspecified atom stereocenters. The van der Waals surface area contributed by atoms with Crippen molar-refractivity contribution in [2.75, 3.05) is 0 Å². The Bertz CT molecular complexity index is 1220. The van der Waals surface area contributed by atoms with Gasteiger partial charge in [-0.3, -0.25) is 4.79 Å². The lowest BCUT2D eigenvalue weighted by atomic mass is 9.79. The zero-order valence-corrected chi connectivity index (χ0v) is 19.3. The second kappa shape index (κ2) is 7.54. The van der Waals surface area contributed by atoms with Crippen LogP contribution in [-0.2, 0) is 4.79 Å². The molecule has 1 spiro atoms. The Morgan fingerprint density at radius 2 is 1.82 bits per heavy atom. The first-order valence-electron chi connectivity index (χ1n) is 12.2.